The summed E-state index contributed by atoms with van der Waals surface area (Å²) in [5, 5.41) is 14.1. The first kappa shape index (κ1) is 11.7. The molecule has 0 bridgehead atoms. The van der Waals surface area contributed by atoms with Crippen LogP contribution in [0.4, 0.5) is 17.1 Å². The number of benzene rings is 1. The number of nitrogen functional groups attached to an aromatic ring is 1. The number of non-ortho nitro benzene ring substituents is 1. The predicted molar refractivity (Wildman–Crippen MR) is 68.0 cm³/mol. The smallest absolute Gasteiger partial charge is 0.273 e. The van der Waals surface area contributed by atoms with E-state index in [1.54, 1.807) is 12.1 Å². The lowest BCUT2D eigenvalue weighted by Gasteiger charge is -2.42. The molecule has 5 nitrogen and oxygen atoms in total. The Hall–Kier alpha value is -1.78. The summed E-state index contributed by atoms with van der Waals surface area (Å²) in [4.78, 5) is 10.3. The molecule has 1 aromatic rings. The first-order valence-electron chi connectivity index (χ1n) is 5.88. The SMILES string of the molecule is CCC1(Nc2cc(N)cc([N+](=O)[O-])c2)CCC1. The van der Waals surface area contributed by atoms with Crippen LogP contribution < -0.4 is 11.1 Å². The molecule has 0 spiro atoms. The first-order chi connectivity index (χ1) is 8.04. The van der Waals surface area contributed by atoms with Crippen molar-refractivity contribution in [1.29, 1.82) is 0 Å². The number of hydrogen-bond acceptors (Lipinski definition) is 4. The van der Waals surface area contributed by atoms with E-state index in [1.807, 2.05) is 0 Å². The third-order valence-corrected chi connectivity index (χ3v) is 3.55. The molecule has 0 aliphatic heterocycles. The van der Waals surface area contributed by atoms with Gasteiger partial charge in [-0.05, 0) is 31.7 Å². The van der Waals surface area contributed by atoms with Crippen LogP contribution >= 0.6 is 0 Å². The van der Waals surface area contributed by atoms with Crippen LogP contribution in [0.5, 0.6) is 0 Å². The molecule has 0 atom stereocenters. The van der Waals surface area contributed by atoms with Gasteiger partial charge < -0.3 is 11.1 Å². The molecule has 0 saturated heterocycles. The van der Waals surface area contributed by atoms with Crippen molar-refractivity contribution in [3.05, 3.63) is 28.3 Å². The van der Waals surface area contributed by atoms with E-state index >= 15 is 0 Å². The predicted octanol–water partition coefficient (Wildman–Crippen LogP) is 2.92. The van der Waals surface area contributed by atoms with Crippen molar-refractivity contribution in [1.82, 2.24) is 0 Å². The lowest BCUT2D eigenvalue weighted by molar-refractivity contribution is -0.384. The molecule has 1 aromatic carbocycles. The highest BCUT2D eigenvalue weighted by Gasteiger charge is 2.35. The second-order valence-electron chi connectivity index (χ2n) is 4.68. The van der Waals surface area contributed by atoms with Crippen LogP contribution in [-0.4, -0.2) is 10.5 Å². The van der Waals surface area contributed by atoms with Gasteiger partial charge in [-0.25, -0.2) is 0 Å². The van der Waals surface area contributed by atoms with Gasteiger partial charge in [-0.3, -0.25) is 10.1 Å². The summed E-state index contributed by atoms with van der Waals surface area (Å²) < 4.78 is 0. The monoisotopic (exact) mass is 235 g/mol. The maximum atomic E-state index is 10.7. The van der Waals surface area contributed by atoms with Crippen molar-refractivity contribution in [2.45, 2.75) is 38.1 Å². The van der Waals surface area contributed by atoms with E-state index in [9.17, 15) is 10.1 Å². The van der Waals surface area contributed by atoms with Gasteiger partial charge >= 0.3 is 0 Å². The van der Waals surface area contributed by atoms with Gasteiger partial charge in [-0.1, -0.05) is 6.92 Å². The molecule has 2 rings (SSSR count). The third-order valence-electron chi connectivity index (χ3n) is 3.55. The highest BCUT2D eigenvalue weighted by Crippen LogP contribution is 2.38. The minimum absolute atomic E-state index is 0.0399. The van der Waals surface area contributed by atoms with Gasteiger partial charge in [0, 0.05) is 29.0 Å². The highest BCUT2D eigenvalue weighted by molar-refractivity contribution is 5.62. The summed E-state index contributed by atoms with van der Waals surface area (Å²) >= 11 is 0. The normalized spacial score (nSPS) is 17.2. The fraction of sp³-hybridized carbons (Fsp3) is 0.500. The molecule has 17 heavy (non-hydrogen) atoms. The standard InChI is InChI=1S/C12H17N3O2/c1-2-12(4-3-5-12)14-10-6-9(13)7-11(8-10)15(16)17/h6-8,14H,2-5,13H2,1H3. The minimum atomic E-state index is -0.416. The average Bonchev–Trinajstić information content (AvgIpc) is 2.22. The van der Waals surface area contributed by atoms with E-state index in [0.717, 1.165) is 24.9 Å². The summed E-state index contributed by atoms with van der Waals surface area (Å²) in [6.45, 7) is 2.13. The maximum Gasteiger partial charge on any atom is 0.273 e. The molecule has 0 heterocycles. The summed E-state index contributed by atoms with van der Waals surface area (Å²) in [6.07, 6.45) is 4.47. The summed E-state index contributed by atoms with van der Waals surface area (Å²) in [6, 6.07) is 4.68. The van der Waals surface area contributed by atoms with Crippen LogP contribution in [0.3, 0.4) is 0 Å². The highest BCUT2D eigenvalue weighted by atomic mass is 16.6. The Bertz CT molecular complexity index is 436. The molecule has 3 N–H and O–H groups in total. The van der Waals surface area contributed by atoms with Crippen LogP contribution in [0.2, 0.25) is 0 Å². The Morgan fingerprint density at radius 2 is 2.18 bits per heavy atom. The topological polar surface area (TPSA) is 81.2 Å². The Balaban J connectivity index is 2.23. The zero-order valence-electron chi connectivity index (χ0n) is 9.90. The first-order valence-corrected chi connectivity index (χ1v) is 5.88. The lowest BCUT2D eigenvalue weighted by Crippen LogP contribution is -2.44. The number of nitrogens with one attached hydrogen (secondary N) is 1. The summed E-state index contributed by atoms with van der Waals surface area (Å²) in [5.41, 5.74) is 7.00. The molecule has 1 aliphatic rings. The van der Waals surface area contributed by atoms with Crippen molar-refractivity contribution in [3.8, 4) is 0 Å². The number of hydrogen-bond donors (Lipinski definition) is 2. The molecule has 92 valence electrons. The number of nitro groups is 1. The summed E-state index contributed by atoms with van der Waals surface area (Å²) in [7, 11) is 0. The molecule has 0 radical (unpaired) electrons. The quantitative estimate of drug-likeness (QED) is 0.477. The molecule has 1 aliphatic carbocycles. The van der Waals surface area contributed by atoms with Gasteiger partial charge in [0.05, 0.1) is 4.92 Å². The van der Waals surface area contributed by atoms with Gasteiger partial charge in [-0.2, -0.15) is 0 Å². The van der Waals surface area contributed by atoms with E-state index in [-0.39, 0.29) is 11.2 Å². The van der Waals surface area contributed by atoms with Crippen LogP contribution in [-0.2, 0) is 0 Å². The van der Waals surface area contributed by atoms with E-state index in [1.165, 1.54) is 12.5 Å². The second kappa shape index (κ2) is 4.24. The van der Waals surface area contributed by atoms with Crippen LogP contribution in [0.25, 0.3) is 0 Å². The molecule has 5 heteroatoms. The average molecular weight is 235 g/mol. The van der Waals surface area contributed by atoms with E-state index in [4.69, 9.17) is 5.73 Å². The molecular weight excluding hydrogens is 218 g/mol. The molecule has 0 unspecified atom stereocenters. The fourth-order valence-electron chi connectivity index (χ4n) is 2.29. The molecule has 1 saturated carbocycles. The third kappa shape index (κ3) is 2.33. The Labute approximate surface area is 100 Å². The molecule has 0 aromatic heterocycles. The Morgan fingerprint density at radius 3 is 2.65 bits per heavy atom. The van der Waals surface area contributed by atoms with Crippen LogP contribution in [0, 0.1) is 10.1 Å². The molecule has 0 amide bonds. The minimum Gasteiger partial charge on any atom is -0.398 e. The number of nitrogens with two attached hydrogens (primary N) is 1. The van der Waals surface area contributed by atoms with Crippen molar-refractivity contribution < 1.29 is 4.92 Å². The van der Waals surface area contributed by atoms with Crippen molar-refractivity contribution in [2.24, 2.45) is 0 Å². The van der Waals surface area contributed by atoms with Gasteiger partial charge in [0.15, 0.2) is 0 Å². The molecule has 1 fully saturated rings. The number of anilines is 2. The summed E-state index contributed by atoms with van der Waals surface area (Å²) in [5.74, 6) is 0. The van der Waals surface area contributed by atoms with Gasteiger partial charge in [0.2, 0.25) is 0 Å². The Morgan fingerprint density at radius 1 is 1.47 bits per heavy atom. The number of nitro benzene ring substituents is 1. The van der Waals surface area contributed by atoms with Crippen molar-refractivity contribution in [3.63, 3.8) is 0 Å². The maximum absolute atomic E-state index is 10.7. The lowest BCUT2D eigenvalue weighted by atomic mass is 9.74. The Kier molecular flexibility index (Phi) is 2.92. The molecular formula is C12H17N3O2. The largest absolute Gasteiger partial charge is 0.398 e. The van der Waals surface area contributed by atoms with E-state index in [2.05, 4.69) is 12.2 Å². The van der Waals surface area contributed by atoms with E-state index in [0.29, 0.717) is 5.69 Å². The van der Waals surface area contributed by atoms with Gasteiger partial charge in [0.1, 0.15) is 0 Å². The van der Waals surface area contributed by atoms with E-state index < -0.39 is 4.92 Å². The van der Waals surface area contributed by atoms with Gasteiger partial charge in [-0.15, -0.1) is 0 Å². The zero-order valence-corrected chi connectivity index (χ0v) is 9.90. The van der Waals surface area contributed by atoms with Crippen molar-refractivity contribution >= 4 is 17.1 Å². The van der Waals surface area contributed by atoms with Crippen molar-refractivity contribution in [2.75, 3.05) is 11.1 Å². The second-order valence-corrected chi connectivity index (χ2v) is 4.68. The zero-order chi connectivity index (χ0) is 12.5. The fourth-order valence-corrected chi connectivity index (χ4v) is 2.29. The number of rotatable bonds is 4. The van der Waals surface area contributed by atoms with Gasteiger partial charge in [0.25, 0.3) is 5.69 Å². The van der Waals surface area contributed by atoms with Crippen LogP contribution in [0.15, 0.2) is 18.2 Å². The number of nitrogens with zero attached hydrogens (tertiary/aromatic N) is 1. The van der Waals surface area contributed by atoms with Crippen LogP contribution in [0.1, 0.15) is 32.6 Å².